The van der Waals surface area contributed by atoms with Gasteiger partial charge in [-0.25, -0.2) is 8.78 Å². The molecule has 26 heavy (non-hydrogen) atoms. The van der Waals surface area contributed by atoms with E-state index in [1.165, 1.54) is 6.07 Å². The Hall–Kier alpha value is -2.70. The lowest BCUT2D eigenvalue weighted by Gasteiger charge is -2.23. The fourth-order valence-electron chi connectivity index (χ4n) is 3.34. The number of hydrogen-bond donors (Lipinski definition) is 2. The highest BCUT2D eigenvalue weighted by atomic mass is 19.2. The molecule has 5 nitrogen and oxygen atoms in total. The normalized spacial score (nSPS) is 15.8. The van der Waals surface area contributed by atoms with Crippen LogP contribution in [0.25, 0.3) is 0 Å². The molecule has 1 aliphatic rings. The molecule has 1 aromatic carbocycles. The van der Waals surface area contributed by atoms with Crippen molar-refractivity contribution >= 4 is 17.5 Å². The number of aromatic nitrogens is 1. The number of carbonyl (C=O) groups is 2. The Morgan fingerprint density at radius 3 is 2.62 bits per heavy atom. The van der Waals surface area contributed by atoms with Crippen LogP contribution in [0.2, 0.25) is 0 Å². The summed E-state index contributed by atoms with van der Waals surface area (Å²) in [5, 5.41) is 5.57. The molecule has 1 aliphatic heterocycles. The van der Waals surface area contributed by atoms with Crippen LogP contribution in [-0.2, 0) is 13.5 Å². The third-order valence-corrected chi connectivity index (χ3v) is 4.86. The molecule has 7 heteroatoms. The number of carbonyl (C=O) groups excluding carboxylic acids is 2. The van der Waals surface area contributed by atoms with E-state index < -0.39 is 17.5 Å². The molecular weight excluding hydrogens is 340 g/mol. The van der Waals surface area contributed by atoms with E-state index in [1.807, 2.05) is 13.8 Å². The molecule has 0 unspecified atom stereocenters. The second-order valence-electron chi connectivity index (χ2n) is 7.27. The highest BCUT2D eigenvalue weighted by Crippen LogP contribution is 2.29. The second-order valence-corrected chi connectivity index (χ2v) is 7.27. The van der Waals surface area contributed by atoms with Crippen molar-refractivity contribution in [3.8, 4) is 0 Å². The Morgan fingerprint density at radius 2 is 1.96 bits per heavy atom. The van der Waals surface area contributed by atoms with Gasteiger partial charge in [-0.05, 0) is 51.3 Å². The van der Waals surface area contributed by atoms with E-state index >= 15 is 0 Å². The smallest absolute Gasteiger partial charge is 0.268 e. The summed E-state index contributed by atoms with van der Waals surface area (Å²) in [6, 6.07) is 3.18. The first kappa shape index (κ1) is 18.1. The Labute approximate surface area is 150 Å². The van der Waals surface area contributed by atoms with E-state index in [-0.39, 0.29) is 17.1 Å². The molecule has 0 spiro atoms. The Balaban J connectivity index is 2.01. The topological polar surface area (TPSA) is 63.1 Å². The maximum atomic E-state index is 13.4. The average Bonchev–Trinajstić information content (AvgIpc) is 2.72. The van der Waals surface area contributed by atoms with Crippen LogP contribution in [0.5, 0.6) is 0 Å². The second kappa shape index (κ2) is 6.23. The summed E-state index contributed by atoms with van der Waals surface area (Å²) in [6.45, 7) is 5.63. The zero-order chi connectivity index (χ0) is 19.2. The number of nitrogens with one attached hydrogen (secondary N) is 2. The molecule has 2 aromatic rings. The molecule has 2 N–H and O–H groups in total. The van der Waals surface area contributed by atoms with Gasteiger partial charge in [0.05, 0.1) is 5.56 Å². The van der Waals surface area contributed by atoms with Crippen LogP contribution in [0.3, 0.4) is 0 Å². The molecule has 0 saturated heterocycles. The van der Waals surface area contributed by atoms with Crippen molar-refractivity contribution in [3.63, 3.8) is 0 Å². The minimum absolute atomic E-state index is 0.157. The number of amides is 2. The van der Waals surface area contributed by atoms with Gasteiger partial charge in [0.15, 0.2) is 11.6 Å². The third-order valence-electron chi connectivity index (χ3n) is 4.86. The minimum Gasteiger partial charge on any atom is -0.346 e. The Bertz CT molecular complexity index is 916. The van der Waals surface area contributed by atoms with Crippen LogP contribution in [-0.4, -0.2) is 21.9 Å². The maximum absolute atomic E-state index is 13.4. The van der Waals surface area contributed by atoms with E-state index in [4.69, 9.17) is 0 Å². The van der Waals surface area contributed by atoms with E-state index in [0.29, 0.717) is 35.4 Å². The zero-order valence-electron chi connectivity index (χ0n) is 15.2. The lowest BCUT2D eigenvalue weighted by atomic mass is 9.95. The molecule has 0 radical (unpaired) electrons. The number of anilines is 1. The minimum atomic E-state index is -1.03. The number of rotatable bonds is 2. The zero-order valence-corrected chi connectivity index (χ0v) is 15.2. The van der Waals surface area contributed by atoms with Crippen LogP contribution in [0.4, 0.5) is 14.5 Å². The van der Waals surface area contributed by atoms with Gasteiger partial charge in [0, 0.05) is 30.0 Å². The Kier molecular flexibility index (Phi) is 4.34. The standard InChI is InChI=1S/C19H21F2N3O2/c1-10-15(17(25)22-11-5-6-13(20)14(21)9-11)12-7-8-19(2,3)23-18(26)16(12)24(10)4/h5-6,9H,7-8H2,1-4H3,(H,22,25)(H,23,26). The number of halogens is 2. The fraction of sp³-hybridized carbons (Fsp3) is 0.368. The van der Waals surface area contributed by atoms with Gasteiger partial charge in [-0.2, -0.15) is 0 Å². The molecule has 2 amide bonds. The molecule has 138 valence electrons. The summed E-state index contributed by atoms with van der Waals surface area (Å²) >= 11 is 0. The molecule has 1 aromatic heterocycles. The molecule has 0 saturated carbocycles. The van der Waals surface area contributed by atoms with Gasteiger partial charge in [0.1, 0.15) is 5.69 Å². The lowest BCUT2D eigenvalue weighted by Crippen LogP contribution is -2.42. The first-order chi connectivity index (χ1) is 12.1. The predicted molar refractivity (Wildman–Crippen MR) is 94.3 cm³/mol. The average molecular weight is 361 g/mol. The quantitative estimate of drug-likeness (QED) is 0.862. The van der Waals surface area contributed by atoms with Crippen molar-refractivity contribution in [3.05, 3.63) is 52.3 Å². The molecule has 0 aliphatic carbocycles. The SMILES string of the molecule is Cc1c(C(=O)Nc2ccc(F)c(F)c2)c2c(n1C)C(=O)NC(C)(C)CC2. The van der Waals surface area contributed by atoms with Crippen molar-refractivity contribution in [1.82, 2.24) is 9.88 Å². The van der Waals surface area contributed by atoms with E-state index in [1.54, 1.807) is 18.5 Å². The van der Waals surface area contributed by atoms with Gasteiger partial charge >= 0.3 is 0 Å². The molecule has 3 rings (SSSR count). The van der Waals surface area contributed by atoms with Gasteiger partial charge < -0.3 is 15.2 Å². The summed E-state index contributed by atoms with van der Waals surface area (Å²) < 4.78 is 28.2. The van der Waals surface area contributed by atoms with Crippen LogP contribution in [0, 0.1) is 18.6 Å². The maximum Gasteiger partial charge on any atom is 0.268 e. The van der Waals surface area contributed by atoms with Crippen molar-refractivity contribution in [2.24, 2.45) is 7.05 Å². The number of fused-ring (bicyclic) bond motifs is 1. The summed E-state index contributed by atoms with van der Waals surface area (Å²) in [7, 11) is 1.74. The molecule has 2 heterocycles. The van der Waals surface area contributed by atoms with Crippen LogP contribution in [0.1, 0.15) is 52.4 Å². The van der Waals surface area contributed by atoms with Crippen molar-refractivity contribution in [2.75, 3.05) is 5.32 Å². The molecular formula is C19H21F2N3O2. The summed E-state index contributed by atoms with van der Waals surface area (Å²) in [6.07, 6.45) is 1.24. The van der Waals surface area contributed by atoms with Crippen LogP contribution < -0.4 is 10.6 Å². The Morgan fingerprint density at radius 1 is 1.27 bits per heavy atom. The van der Waals surface area contributed by atoms with Gasteiger partial charge in [0.2, 0.25) is 0 Å². The number of nitrogens with zero attached hydrogens (tertiary/aromatic N) is 1. The predicted octanol–water partition coefficient (Wildman–Crippen LogP) is 3.32. The summed E-state index contributed by atoms with van der Waals surface area (Å²) in [4.78, 5) is 25.4. The monoisotopic (exact) mass is 361 g/mol. The first-order valence-corrected chi connectivity index (χ1v) is 8.38. The third kappa shape index (κ3) is 3.09. The summed E-state index contributed by atoms with van der Waals surface area (Å²) in [5.41, 5.74) is 1.96. The largest absolute Gasteiger partial charge is 0.346 e. The van der Waals surface area contributed by atoms with E-state index in [9.17, 15) is 18.4 Å². The van der Waals surface area contributed by atoms with Crippen LogP contribution in [0.15, 0.2) is 18.2 Å². The van der Waals surface area contributed by atoms with E-state index in [0.717, 1.165) is 12.1 Å². The van der Waals surface area contributed by atoms with Crippen molar-refractivity contribution in [2.45, 2.75) is 39.2 Å². The summed E-state index contributed by atoms with van der Waals surface area (Å²) in [5.74, 6) is -2.68. The highest BCUT2D eigenvalue weighted by molar-refractivity contribution is 6.09. The van der Waals surface area contributed by atoms with Crippen molar-refractivity contribution < 1.29 is 18.4 Å². The van der Waals surface area contributed by atoms with Crippen LogP contribution >= 0.6 is 0 Å². The van der Waals surface area contributed by atoms with Gasteiger partial charge in [-0.3, -0.25) is 9.59 Å². The van der Waals surface area contributed by atoms with Gasteiger partial charge in [-0.1, -0.05) is 0 Å². The molecule has 0 atom stereocenters. The fourth-order valence-corrected chi connectivity index (χ4v) is 3.34. The molecule has 0 bridgehead atoms. The highest BCUT2D eigenvalue weighted by Gasteiger charge is 2.34. The number of benzene rings is 1. The lowest BCUT2D eigenvalue weighted by molar-refractivity contribution is 0.0907. The molecule has 0 fully saturated rings. The van der Waals surface area contributed by atoms with Gasteiger partial charge in [0.25, 0.3) is 11.8 Å². The number of hydrogen-bond acceptors (Lipinski definition) is 2. The van der Waals surface area contributed by atoms with E-state index in [2.05, 4.69) is 10.6 Å². The van der Waals surface area contributed by atoms with Crippen molar-refractivity contribution in [1.29, 1.82) is 0 Å². The first-order valence-electron chi connectivity index (χ1n) is 8.38. The van der Waals surface area contributed by atoms with Gasteiger partial charge in [-0.15, -0.1) is 0 Å².